The predicted molar refractivity (Wildman–Crippen MR) is 105 cm³/mol. The molecule has 0 aliphatic heterocycles. The first-order valence-electron chi connectivity index (χ1n) is 9.51. The van der Waals surface area contributed by atoms with Crippen LogP contribution in [0.3, 0.4) is 0 Å². The highest BCUT2D eigenvalue weighted by Gasteiger charge is 2.11. The Bertz CT molecular complexity index is 512. The molecule has 0 aromatic heterocycles. The molecule has 0 radical (unpaired) electrons. The van der Waals surface area contributed by atoms with Gasteiger partial charge >= 0.3 is 0 Å². The Kier molecular flexibility index (Phi) is 11.2. The maximum absolute atomic E-state index is 13.8. The van der Waals surface area contributed by atoms with Crippen LogP contribution < -0.4 is 0 Å². The molecule has 2 nitrogen and oxygen atoms in total. The number of hydrogen-bond acceptors (Lipinski definition) is 1. The van der Waals surface area contributed by atoms with Crippen molar-refractivity contribution in [1.82, 2.24) is 4.90 Å². The zero-order valence-electron chi connectivity index (χ0n) is 15.6. The summed E-state index contributed by atoms with van der Waals surface area (Å²) in [7, 11) is 0. The lowest BCUT2D eigenvalue weighted by Crippen LogP contribution is -2.31. The van der Waals surface area contributed by atoms with Gasteiger partial charge in [0.15, 0.2) is 0 Å². The quantitative estimate of drug-likeness (QED) is 0.305. The first-order valence-corrected chi connectivity index (χ1v) is 9.89. The van der Waals surface area contributed by atoms with Gasteiger partial charge in [-0.25, -0.2) is 4.39 Å². The average Bonchev–Trinajstić information content (AvgIpc) is 2.59. The fourth-order valence-electron chi connectivity index (χ4n) is 2.72. The number of rotatable bonds is 12. The molecule has 0 saturated heterocycles. The minimum absolute atomic E-state index is 0.0627. The third kappa shape index (κ3) is 8.53. The van der Waals surface area contributed by atoms with Crippen molar-refractivity contribution in [3.63, 3.8) is 0 Å². The van der Waals surface area contributed by atoms with Crippen molar-refractivity contribution in [2.45, 2.75) is 65.2 Å². The number of nitrogens with zero attached hydrogens (tertiary/aromatic N) is 1. The van der Waals surface area contributed by atoms with Crippen molar-refractivity contribution in [3.05, 3.63) is 40.7 Å². The molecule has 1 amide bonds. The lowest BCUT2D eigenvalue weighted by atomic mass is 10.1. The molecule has 0 spiro atoms. The average molecular weight is 368 g/mol. The van der Waals surface area contributed by atoms with E-state index in [4.69, 9.17) is 11.6 Å². The standard InChI is InChI=1S/C21H31ClFNO/c1-3-5-7-9-16-24(17-10-8-6-4-2)21(25)15-14-18-19(22)12-11-13-20(18)23/h11-15H,3-10,16-17H2,1-2H3. The van der Waals surface area contributed by atoms with Crippen LogP contribution in [0.25, 0.3) is 6.08 Å². The van der Waals surface area contributed by atoms with Crippen LogP contribution >= 0.6 is 11.6 Å². The second-order valence-electron chi connectivity index (χ2n) is 6.42. The molecule has 0 saturated carbocycles. The highest BCUT2D eigenvalue weighted by molar-refractivity contribution is 6.32. The van der Waals surface area contributed by atoms with Crippen molar-refractivity contribution < 1.29 is 9.18 Å². The number of carbonyl (C=O) groups excluding carboxylic acids is 1. The molecule has 1 aromatic rings. The highest BCUT2D eigenvalue weighted by Crippen LogP contribution is 2.20. The summed E-state index contributed by atoms with van der Waals surface area (Å²) in [5.41, 5.74) is 0.273. The third-order valence-electron chi connectivity index (χ3n) is 4.27. The van der Waals surface area contributed by atoms with Crippen LogP contribution in [-0.2, 0) is 4.79 Å². The van der Waals surface area contributed by atoms with Gasteiger partial charge in [-0.3, -0.25) is 4.79 Å². The largest absolute Gasteiger partial charge is 0.339 e. The van der Waals surface area contributed by atoms with Gasteiger partial charge in [0.05, 0.1) is 5.02 Å². The fourth-order valence-corrected chi connectivity index (χ4v) is 2.95. The van der Waals surface area contributed by atoms with Crippen LogP contribution in [0, 0.1) is 5.82 Å². The van der Waals surface area contributed by atoms with Gasteiger partial charge in [-0.15, -0.1) is 0 Å². The predicted octanol–water partition coefficient (Wildman–Crippen LogP) is 6.48. The van der Waals surface area contributed by atoms with E-state index in [1.54, 1.807) is 12.1 Å². The Morgan fingerprint density at radius 1 is 1.04 bits per heavy atom. The lowest BCUT2D eigenvalue weighted by molar-refractivity contribution is -0.126. The van der Waals surface area contributed by atoms with E-state index in [1.807, 2.05) is 4.90 Å². The monoisotopic (exact) mass is 367 g/mol. The molecule has 0 aliphatic rings. The van der Waals surface area contributed by atoms with E-state index in [1.165, 1.54) is 43.9 Å². The van der Waals surface area contributed by atoms with E-state index >= 15 is 0 Å². The van der Waals surface area contributed by atoms with Crippen LogP contribution in [0.4, 0.5) is 4.39 Å². The Morgan fingerprint density at radius 2 is 1.64 bits per heavy atom. The van der Waals surface area contributed by atoms with Gasteiger partial charge < -0.3 is 4.90 Å². The molecule has 4 heteroatoms. The SMILES string of the molecule is CCCCCCN(CCCCCC)C(=O)C=Cc1c(F)cccc1Cl. The Morgan fingerprint density at radius 3 is 2.16 bits per heavy atom. The maximum Gasteiger partial charge on any atom is 0.246 e. The van der Waals surface area contributed by atoms with Gasteiger partial charge in [0.1, 0.15) is 5.82 Å². The summed E-state index contributed by atoms with van der Waals surface area (Å²) in [4.78, 5) is 14.4. The zero-order chi connectivity index (χ0) is 18.5. The van der Waals surface area contributed by atoms with E-state index < -0.39 is 5.82 Å². The van der Waals surface area contributed by atoms with Crippen molar-refractivity contribution in [1.29, 1.82) is 0 Å². The van der Waals surface area contributed by atoms with Crippen LogP contribution in [0.5, 0.6) is 0 Å². The molecular formula is C21H31ClFNO. The third-order valence-corrected chi connectivity index (χ3v) is 4.60. The van der Waals surface area contributed by atoms with Gasteiger partial charge in [-0.1, -0.05) is 70.0 Å². The van der Waals surface area contributed by atoms with Crippen LogP contribution in [-0.4, -0.2) is 23.9 Å². The number of hydrogen-bond donors (Lipinski definition) is 0. The molecule has 0 fully saturated rings. The van der Waals surface area contributed by atoms with E-state index in [2.05, 4.69) is 13.8 Å². The van der Waals surface area contributed by atoms with E-state index in [9.17, 15) is 9.18 Å². The Labute approximate surface area is 157 Å². The Hall–Kier alpha value is -1.35. The summed E-state index contributed by atoms with van der Waals surface area (Å²) < 4.78 is 13.8. The summed E-state index contributed by atoms with van der Waals surface area (Å²) in [5.74, 6) is -0.471. The molecule has 0 N–H and O–H groups in total. The molecular weight excluding hydrogens is 337 g/mol. The van der Waals surface area contributed by atoms with Crippen molar-refractivity contribution >= 4 is 23.6 Å². The number of unbranched alkanes of at least 4 members (excludes halogenated alkanes) is 6. The van der Waals surface area contributed by atoms with Gasteiger partial charge in [0.25, 0.3) is 0 Å². The molecule has 0 atom stereocenters. The summed E-state index contributed by atoms with van der Waals surface area (Å²) in [6.07, 6.45) is 12.0. The maximum atomic E-state index is 13.8. The van der Waals surface area contributed by atoms with Gasteiger partial charge in [0, 0.05) is 24.7 Å². The van der Waals surface area contributed by atoms with Gasteiger partial charge in [-0.2, -0.15) is 0 Å². The van der Waals surface area contributed by atoms with Crippen molar-refractivity contribution in [2.75, 3.05) is 13.1 Å². The fraction of sp³-hybridized carbons (Fsp3) is 0.571. The van der Waals surface area contributed by atoms with Crippen LogP contribution in [0.2, 0.25) is 5.02 Å². The van der Waals surface area contributed by atoms with Crippen LogP contribution in [0.1, 0.15) is 70.8 Å². The summed E-state index contributed by atoms with van der Waals surface area (Å²) in [5, 5.41) is 0.321. The molecule has 0 unspecified atom stereocenters. The lowest BCUT2D eigenvalue weighted by Gasteiger charge is -2.21. The highest BCUT2D eigenvalue weighted by atomic mass is 35.5. The number of halogens is 2. The number of benzene rings is 1. The van der Waals surface area contributed by atoms with E-state index in [-0.39, 0.29) is 11.5 Å². The van der Waals surface area contributed by atoms with Crippen LogP contribution in [0.15, 0.2) is 24.3 Å². The Balaban J connectivity index is 2.67. The summed E-state index contributed by atoms with van der Waals surface area (Å²) >= 11 is 6.01. The van der Waals surface area contributed by atoms with E-state index in [0.717, 1.165) is 38.8 Å². The molecule has 0 heterocycles. The molecule has 0 bridgehead atoms. The number of carbonyl (C=O) groups is 1. The zero-order valence-corrected chi connectivity index (χ0v) is 16.3. The molecule has 1 rings (SSSR count). The normalized spacial score (nSPS) is 11.2. The molecule has 1 aromatic carbocycles. The van der Waals surface area contributed by atoms with E-state index in [0.29, 0.717) is 5.02 Å². The summed E-state index contributed by atoms with van der Waals surface area (Å²) in [6, 6.07) is 4.54. The number of amides is 1. The second kappa shape index (κ2) is 12.9. The molecule has 140 valence electrons. The van der Waals surface area contributed by atoms with Gasteiger partial charge in [-0.05, 0) is 31.1 Å². The topological polar surface area (TPSA) is 20.3 Å². The smallest absolute Gasteiger partial charge is 0.246 e. The molecule has 0 aliphatic carbocycles. The first kappa shape index (κ1) is 21.7. The van der Waals surface area contributed by atoms with Crippen molar-refractivity contribution in [2.24, 2.45) is 0 Å². The molecule has 25 heavy (non-hydrogen) atoms. The summed E-state index contributed by atoms with van der Waals surface area (Å²) in [6.45, 7) is 5.88. The minimum Gasteiger partial charge on any atom is -0.339 e. The minimum atomic E-state index is -0.408. The van der Waals surface area contributed by atoms with Gasteiger partial charge in [0.2, 0.25) is 5.91 Å². The first-order chi connectivity index (χ1) is 12.1. The van der Waals surface area contributed by atoms with Crippen molar-refractivity contribution in [3.8, 4) is 0 Å². The second-order valence-corrected chi connectivity index (χ2v) is 6.82.